The molecular formula is C15H14BrNO2. The Bertz CT molecular complexity index is 638. The van der Waals surface area contributed by atoms with Crippen molar-refractivity contribution in [3.8, 4) is 5.75 Å². The Hall–Kier alpha value is -1.81. The van der Waals surface area contributed by atoms with Gasteiger partial charge in [0.1, 0.15) is 5.75 Å². The van der Waals surface area contributed by atoms with Crippen LogP contribution >= 0.6 is 15.9 Å². The van der Waals surface area contributed by atoms with Crippen LogP contribution in [0.1, 0.15) is 21.5 Å². The van der Waals surface area contributed by atoms with E-state index in [0.717, 1.165) is 5.56 Å². The van der Waals surface area contributed by atoms with Gasteiger partial charge in [-0.25, -0.2) is 0 Å². The molecule has 0 aliphatic heterocycles. The van der Waals surface area contributed by atoms with Crippen molar-refractivity contribution in [3.63, 3.8) is 0 Å². The summed E-state index contributed by atoms with van der Waals surface area (Å²) in [5.41, 5.74) is 8.42. The fourth-order valence-electron chi connectivity index (χ4n) is 1.86. The van der Waals surface area contributed by atoms with Gasteiger partial charge in [-0.3, -0.25) is 4.79 Å². The van der Waals surface area contributed by atoms with Gasteiger partial charge in [-0.2, -0.15) is 0 Å². The summed E-state index contributed by atoms with van der Waals surface area (Å²) in [5.74, 6) is 0.478. The molecule has 0 amide bonds. The van der Waals surface area contributed by atoms with Crippen molar-refractivity contribution in [2.75, 3.05) is 12.8 Å². The molecular weight excluding hydrogens is 306 g/mol. The fraction of sp³-hybridized carbons (Fsp3) is 0.133. The Balaban J connectivity index is 2.52. The van der Waals surface area contributed by atoms with Crippen molar-refractivity contribution in [1.29, 1.82) is 0 Å². The van der Waals surface area contributed by atoms with Gasteiger partial charge in [0.2, 0.25) is 0 Å². The van der Waals surface area contributed by atoms with E-state index in [1.165, 1.54) is 0 Å². The van der Waals surface area contributed by atoms with Gasteiger partial charge in [0.05, 0.1) is 12.7 Å². The Morgan fingerprint density at radius 2 is 1.89 bits per heavy atom. The van der Waals surface area contributed by atoms with Crippen LogP contribution < -0.4 is 10.5 Å². The minimum atomic E-state index is -0.0903. The third kappa shape index (κ3) is 2.79. The number of hydrogen-bond acceptors (Lipinski definition) is 3. The SMILES string of the molecule is COc1ccc(C)cc1C(=O)c1ccc(N)cc1Br. The van der Waals surface area contributed by atoms with Gasteiger partial charge in [0.25, 0.3) is 0 Å². The maximum absolute atomic E-state index is 12.6. The Kier molecular flexibility index (Phi) is 3.90. The van der Waals surface area contributed by atoms with Crippen molar-refractivity contribution >= 4 is 27.4 Å². The second kappa shape index (κ2) is 5.45. The zero-order chi connectivity index (χ0) is 14.0. The van der Waals surface area contributed by atoms with E-state index in [0.29, 0.717) is 27.0 Å². The average molecular weight is 320 g/mol. The molecule has 2 aromatic carbocycles. The lowest BCUT2D eigenvalue weighted by Crippen LogP contribution is -2.05. The molecule has 0 aromatic heterocycles. The molecule has 2 N–H and O–H groups in total. The van der Waals surface area contributed by atoms with Gasteiger partial charge in [-0.1, -0.05) is 11.6 Å². The molecule has 19 heavy (non-hydrogen) atoms. The molecule has 0 spiro atoms. The zero-order valence-corrected chi connectivity index (χ0v) is 12.3. The van der Waals surface area contributed by atoms with Crippen LogP contribution in [-0.4, -0.2) is 12.9 Å². The van der Waals surface area contributed by atoms with Gasteiger partial charge in [-0.15, -0.1) is 0 Å². The zero-order valence-electron chi connectivity index (χ0n) is 10.7. The van der Waals surface area contributed by atoms with E-state index in [-0.39, 0.29) is 5.78 Å². The van der Waals surface area contributed by atoms with E-state index in [1.807, 2.05) is 19.1 Å². The van der Waals surface area contributed by atoms with Gasteiger partial charge in [-0.05, 0) is 53.2 Å². The monoisotopic (exact) mass is 319 g/mol. The summed E-state index contributed by atoms with van der Waals surface area (Å²) >= 11 is 3.37. The predicted octanol–water partition coefficient (Wildman–Crippen LogP) is 3.58. The second-order valence-corrected chi connectivity index (χ2v) is 5.13. The maximum atomic E-state index is 12.6. The van der Waals surface area contributed by atoms with E-state index in [2.05, 4.69) is 15.9 Å². The number of benzene rings is 2. The standard InChI is InChI=1S/C15H14BrNO2/c1-9-3-6-14(19-2)12(7-9)15(18)11-5-4-10(17)8-13(11)16/h3-8H,17H2,1-2H3. The number of carbonyl (C=O) groups is 1. The first-order chi connectivity index (χ1) is 9.02. The third-order valence-electron chi connectivity index (χ3n) is 2.84. The molecule has 0 atom stereocenters. The van der Waals surface area contributed by atoms with Crippen LogP contribution in [0.5, 0.6) is 5.75 Å². The van der Waals surface area contributed by atoms with Crippen LogP contribution in [0.25, 0.3) is 0 Å². The predicted molar refractivity (Wildman–Crippen MR) is 79.7 cm³/mol. The topological polar surface area (TPSA) is 52.3 Å². The van der Waals surface area contributed by atoms with E-state index in [1.54, 1.807) is 31.4 Å². The van der Waals surface area contributed by atoms with Crippen LogP contribution in [0, 0.1) is 6.92 Å². The fourth-order valence-corrected chi connectivity index (χ4v) is 2.44. The van der Waals surface area contributed by atoms with Crippen molar-refractivity contribution < 1.29 is 9.53 Å². The number of anilines is 1. The van der Waals surface area contributed by atoms with Crippen LogP contribution in [0.3, 0.4) is 0 Å². The number of aryl methyl sites for hydroxylation is 1. The van der Waals surface area contributed by atoms with Gasteiger partial charge >= 0.3 is 0 Å². The van der Waals surface area contributed by atoms with Crippen molar-refractivity contribution in [3.05, 3.63) is 57.6 Å². The highest BCUT2D eigenvalue weighted by Gasteiger charge is 2.17. The van der Waals surface area contributed by atoms with Gasteiger partial charge in [0.15, 0.2) is 5.78 Å². The molecule has 0 fully saturated rings. The van der Waals surface area contributed by atoms with E-state index in [4.69, 9.17) is 10.5 Å². The molecule has 2 aromatic rings. The van der Waals surface area contributed by atoms with Gasteiger partial charge in [0, 0.05) is 15.7 Å². The number of nitrogen functional groups attached to an aromatic ring is 1. The third-order valence-corrected chi connectivity index (χ3v) is 3.49. The summed E-state index contributed by atoms with van der Waals surface area (Å²) in [6, 6.07) is 10.7. The number of halogens is 1. The van der Waals surface area contributed by atoms with Crippen molar-refractivity contribution in [2.24, 2.45) is 0 Å². The van der Waals surface area contributed by atoms with Crippen molar-refractivity contribution in [2.45, 2.75) is 6.92 Å². The number of methoxy groups -OCH3 is 1. The number of rotatable bonds is 3. The maximum Gasteiger partial charge on any atom is 0.197 e. The smallest absolute Gasteiger partial charge is 0.197 e. The molecule has 0 saturated carbocycles. The lowest BCUT2D eigenvalue weighted by Gasteiger charge is -2.10. The number of ketones is 1. The summed E-state index contributed by atoms with van der Waals surface area (Å²) in [4.78, 5) is 12.6. The molecule has 4 heteroatoms. The average Bonchev–Trinajstić information content (AvgIpc) is 2.38. The summed E-state index contributed by atoms with van der Waals surface area (Å²) in [7, 11) is 1.56. The Morgan fingerprint density at radius 3 is 2.53 bits per heavy atom. The summed E-state index contributed by atoms with van der Waals surface area (Å²) in [6.45, 7) is 1.94. The second-order valence-electron chi connectivity index (χ2n) is 4.27. The van der Waals surface area contributed by atoms with Gasteiger partial charge < -0.3 is 10.5 Å². The lowest BCUT2D eigenvalue weighted by atomic mass is 10.0. The molecule has 0 radical (unpaired) electrons. The van der Waals surface area contributed by atoms with E-state index in [9.17, 15) is 4.79 Å². The number of hydrogen-bond donors (Lipinski definition) is 1. The molecule has 2 rings (SSSR count). The van der Waals surface area contributed by atoms with Crippen LogP contribution in [0.2, 0.25) is 0 Å². The molecule has 0 aliphatic carbocycles. The summed E-state index contributed by atoms with van der Waals surface area (Å²) in [5, 5.41) is 0. The van der Waals surface area contributed by atoms with Crippen molar-refractivity contribution in [1.82, 2.24) is 0 Å². The van der Waals surface area contributed by atoms with E-state index < -0.39 is 0 Å². The van der Waals surface area contributed by atoms with Crippen LogP contribution in [0.15, 0.2) is 40.9 Å². The molecule has 0 aliphatic rings. The normalized spacial score (nSPS) is 10.3. The molecule has 0 unspecified atom stereocenters. The van der Waals surface area contributed by atoms with E-state index >= 15 is 0 Å². The largest absolute Gasteiger partial charge is 0.496 e. The molecule has 0 heterocycles. The number of ether oxygens (including phenoxy) is 1. The number of carbonyl (C=O) groups excluding carboxylic acids is 1. The quantitative estimate of drug-likeness (QED) is 0.695. The Morgan fingerprint density at radius 1 is 1.16 bits per heavy atom. The Labute approximate surface area is 120 Å². The summed E-state index contributed by atoms with van der Waals surface area (Å²) < 4.78 is 5.93. The first kappa shape index (κ1) is 13.6. The van der Waals surface area contributed by atoms with Crippen LogP contribution in [-0.2, 0) is 0 Å². The molecule has 0 saturated heterocycles. The molecule has 0 bridgehead atoms. The molecule has 98 valence electrons. The highest BCUT2D eigenvalue weighted by molar-refractivity contribution is 9.10. The minimum Gasteiger partial charge on any atom is -0.496 e. The first-order valence-electron chi connectivity index (χ1n) is 5.77. The number of nitrogens with two attached hydrogens (primary N) is 1. The highest BCUT2D eigenvalue weighted by Crippen LogP contribution is 2.27. The minimum absolute atomic E-state index is 0.0903. The molecule has 3 nitrogen and oxygen atoms in total. The first-order valence-corrected chi connectivity index (χ1v) is 6.56. The lowest BCUT2D eigenvalue weighted by molar-refractivity contribution is 0.103. The van der Waals surface area contributed by atoms with Crippen LogP contribution in [0.4, 0.5) is 5.69 Å². The highest BCUT2D eigenvalue weighted by atomic mass is 79.9. The summed E-state index contributed by atoms with van der Waals surface area (Å²) in [6.07, 6.45) is 0.